The predicted octanol–water partition coefficient (Wildman–Crippen LogP) is 2.71. The Kier molecular flexibility index (Phi) is 4.16. The number of nitrogens with zero attached hydrogens (tertiary/aromatic N) is 2. The molecule has 0 saturated heterocycles. The fraction of sp³-hybridized carbons (Fsp3) is 0.214. The SMILES string of the molecule is CCSc1ncc(C(=O)c2ccc(C)cc2)c(N)n1. The van der Waals surface area contributed by atoms with Crippen LogP contribution in [0.4, 0.5) is 5.82 Å². The number of aromatic nitrogens is 2. The third-order valence-corrected chi connectivity index (χ3v) is 3.37. The van der Waals surface area contributed by atoms with Crippen LogP contribution >= 0.6 is 11.8 Å². The first-order chi connectivity index (χ1) is 9.11. The first-order valence-electron chi connectivity index (χ1n) is 5.98. The second kappa shape index (κ2) is 5.84. The van der Waals surface area contributed by atoms with Crippen molar-refractivity contribution in [2.45, 2.75) is 19.0 Å². The molecule has 0 fully saturated rings. The van der Waals surface area contributed by atoms with E-state index in [2.05, 4.69) is 9.97 Å². The molecule has 0 aliphatic rings. The van der Waals surface area contributed by atoms with Gasteiger partial charge in [0.15, 0.2) is 10.9 Å². The van der Waals surface area contributed by atoms with Gasteiger partial charge < -0.3 is 5.73 Å². The number of nitrogens with two attached hydrogens (primary N) is 1. The average molecular weight is 273 g/mol. The topological polar surface area (TPSA) is 68.9 Å². The molecule has 2 N–H and O–H groups in total. The monoisotopic (exact) mass is 273 g/mol. The zero-order valence-electron chi connectivity index (χ0n) is 10.9. The molecule has 0 amide bonds. The van der Waals surface area contributed by atoms with Gasteiger partial charge in [-0.15, -0.1) is 0 Å². The summed E-state index contributed by atoms with van der Waals surface area (Å²) < 4.78 is 0. The van der Waals surface area contributed by atoms with Crippen molar-refractivity contribution in [2.75, 3.05) is 11.5 Å². The summed E-state index contributed by atoms with van der Waals surface area (Å²) in [5, 5.41) is 0.598. The fourth-order valence-corrected chi connectivity index (χ4v) is 2.16. The van der Waals surface area contributed by atoms with Crippen LogP contribution in [0.2, 0.25) is 0 Å². The number of carbonyl (C=O) groups is 1. The Balaban J connectivity index is 2.31. The van der Waals surface area contributed by atoms with Gasteiger partial charge in [-0.2, -0.15) is 0 Å². The van der Waals surface area contributed by atoms with Gasteiger partial charge in [0.2, 0.25) is 0 Å². The lowest BCUT2D eigenvalue weighted by Crippen LogP contribution is -2.08. The van der Waals surface area contributed by atoms with E-state index in [-0.39, 0.29) is 11.6 Å². The molecule has 0 spiro atoms. The Hall–Kier alpha value is -1.88. The molecule has 2 aromatic rings. The fourth-order valence-electron chi connectivity index (χ4n) is 1.61. The van der Waals surface area contributed by atoms with Crippen molar-refractivity contribution in [1.29, 1.82) is 0 Å². The molecule has 0 bridgehead atoms. The minimum atomic E-state index is -0.148. The Morgan fingerprint density at radius 1 is 1.32 bits per heavy atom. The summed E-state index contributed by atoms with van der Waals surface area (Å²) >= 11 is 1.49. The lowest BCUT2D eigenvalue weighted by molar-refractivity contribution is 0.103. The molecule has 98 valence electrons. The molecule has 1 heterocycles. The molecule has 0 saturated carbocycles. The van der Waals surface area contributed by atoms with E-state index in [1.54, 1.807) is 12.1 Å². The van der Waals surface area contributed by atoms with Crippen molar-refractivity contribution >= 4 is 23.4 Å². The van der Waals surface area contributed by atoms with Crippen molar-refractivity contribution in [2.24, 2.45) is 0 Å². The second-order valence-electron chi connectivity index (χ2n) is 4.08. The highest BCUT2D eigenvalue weighted by molar-refractivity contribution is 7.99. The summed E-state index contributed by atoms with van der Waals surface area (Å²) in [5.74, 6) is 0.951. The van der Waals surface area contributed by atoms with Gasteiger partial charge in [-0.3, -0.25) is 4.79 Å². The van der Waals surface area contributed by atoms with Crippen molar-refractivity contribution in [1.82, 2.24) is 9.97 Å². The van der Waals surface area contributed by atoms with Gasteiger partial charge in [0.25, 0.3) is 0 Å². The van der Waals surface area contributed by atoms with Crippen LogP contribution < -0.4 is 5.73 Å². The molecule has 0 unspecified atom stereocenters. The van der Waals surface area contributed by atoms with Crippen LogP contribution in [0.1, 0.15) is 28.4 Å². The Labute approximate surface area is 116 Å². The normalized spacial score (nSPS) is 10.4. The number of aryl methyl sites for hydroxylation is 1. The van der Waals surface area contributed by atoms with E-state index in [9.17, 15) is 4.79 Å². The van der Waals surface area contributed by atoms with Crippen LogP contribution in [0.5, 0.6) is 0 Å². The average Bonchev–Trinajstić information content (AvgIpc) is 2.39. The molecule has 4 nitrogen and oxygen atoms in total. The first-order valence-corrected chi connectivity index (χ1v) is 6.97. The van der Waals surface area contributed by atoms with E-state index in [0.717, 1.165) is 11.3 Å². The first kappa shape index (κ1) is 13.5. The number of hydrogen-bond acceptors (Lipinski definition) is 5. The number of nitrogen functional groups attached to an aromatic ring is 1. The number of anilines is 1. The number of ketones is 1. The van der Waals surface area contributed by atoms with Gasteiger partial charge in [-0.25, -0.2) is 9.97 Å². The molecule has 0 radical (unpaired) electrons. The summed E-state index contributed by atoms with van der Waals surface area (Å²) in [6.07, 6.45) is 1.50. The highest BCUT2D eigenvalue weighted by Gasteiger charge is 2.14. The van der Waals surface area contributed by atoms with Gasteiger partial charge in [0.1, 0.15) is 5.82 Å². The van der Waals surface area contributed by atoms with Crippen LogP contribution in [0.3, 0.4) is 0 Å². The van der Waals surface area contributed by atoms with E-state index in [4.69, 9.17) is 5.73 Å². The van der Waals surface area contributed by atoms with E-state index in [1.807, 2.05) is 26.0 Å². The van der Waals surface area contributed by atoms with Gasteiger partial charge in [0, 0.05) is 11.8 Å². The molecular formula is C14H15N3OS. The Morgan fingerprint density at radius 3 is 2.58 bits per heavy atom. The summed E-state index contributed by atoms with van der Waals surface area (Å²) in [4.78, 5) is 20.6. The lowest BCUT2D eigenvalue weighted by Gasteiger charge is -2.05. The van der Waals surface area contributed by atoms with Crippen LogP contribution in [-0.2, 0) is 0 Å². The summed E-state index contributed by atoms with van der Waals surface area (Å²) in [6, 6.07) is 7.36. The van der Waals surface area contributed by atoms with E-state index < -0.39 is 0 Å². The van der Waals surface area contributed by atoms with Crippen molar-refractivity contribution < 1.29 is 4.79 Å². The lowest BCUT2D eigenvalue weighted by atomic mass is 10.0. The third kappa shape index (κ3) is 3.12. The summed E-state index contributed by atoms with van der Waals surface area (Å²) in [6.45, 7) is 3.98. The van der Waals surface area contributed by atoms with Gasteiger partial charge >= 0.3 is 0 Å². The number of thioether (sulfide) groups is 1. The third-order valence-electron chi connectivity index (χ3n) is 2.63. The van der Waals surface area contributed by atoms with E-state index in [0.29, 0.717) is 16.3 Å². The molecule has 0 atom stereocenters. The van der Waals surface area contributed by atoms with Crippen LogP contribution in [0.15, 0.2) is 35.6 Å². The van der Waals surface area contributed by atoms with Gasteiger partial charge in [-0.1, -0.05) is 48.5 Å². The van der Waals surface area contributed by atoms with Gasteiger partial charge in [0.05, 0.1) is 5.56 Å². The van der Waals surface area contributed by atoms with E-state index in [1.165, 1.54) is 18.0 Å². The van der Waals surface area contributed by atoms with Crippen LogP contribution in [0.25, 0.3) is 0 Å². The largest absolute Gasteiger partial charge is 0.383 e. The molecule has 2 rings (SSSR count). The predicted molar refractivity (Wildman–Crippen MR) is 77.5 cm³/mol. The number of benzene rings is 1. The Morgan fingerprint density at radius 2 is 2.00 bits per heavy atom. The Bertz CT molecular complexity index is 596. The molecule has 0 aliphatic carbocycles. The second-order valence-corrected chi connectivity index (χ2v) is 5.31. The summed E-state index contributed by atoms with van der Waals surface area (Å²) in [5.41, 5.74) is 7.89. The maximum absolute atomic E-state index is 12.3. The molecule has 1 aromatic heterocycles. The van der Waals surface area contributed by atoms with Gasteiger partial charge in [-0.05, 0) is 12.7 Å². The van der Waals surface area contributed by atoms with Crippen LogP contribution in [-0.4, -0.2) is 21.5 Å². The molecule has 5 heteroatoms. The number of rotatable bonds is 4. The highest BCUT2D eigenvalue weighted by atomic mass is 32.2. The van der Waals surface area contributed by atoms with Crippen molar-refractivity contribution in [3.8, 4) is 0 Å². The zero-order chi connectivity index (χ0) is 13.8. The van der Waals surface area contributed by atoms with E-state index >= 15 is 0 Å². The smallest absolute Gasteiger partial charge is 0.198 e. The zero-order valence-corrected chi connectivity index (χ0v) is 11.7. The minimum absolute atomic E-state index is 0.148. The minimum Gasteiger partial charge on any atom is -0.383 e. The number of hydrogen-bond donors (Lipinski definition) is 1. The standard InChI is InChI=1S/C14H15N3OS/c1-3-19-14-16-8-11(13(15)17-14)12(18)10-6-4-9(2)5-7-10/h4-8H,3H2,1-2H3,(H2,15,16,17). The maximum Gasteiger partial charge on any atom is 0.198 e. The molecule has 19 heavy (non-hydrogen) atoms. The number of carbonyl (C=O) groups excluding carboxylic acids is 1. The molecule has 0 aliphatic heterocycles. The highest BCUT2D eigenvalue weighted by Crippen LogP contribution is 2.18. The maximum atomic E-state index is 12.3. The molecule has 1 aromatic carbocycles. The van der Waals surface area contributed by atoms with Crippen molar-refractivity contribution in [3.05, 3.63) is 47.2 Å². The molecular weight excluding hydrogens is 258 g/mol. The quantitative estimate of drug-likeness (QED) is 0.527. The van der Waals surface area contributed by atoms with Crippen molar-refractivity contribution in [3.63, 3.8) is 0 Å². The summed E-state index contributed by atoms with van der Waals surface area (Å²) in [7, 11) is 0. The van der Waals surface area contributed by atoms with Crippen LogP contribution in [0, 0.1) is 6.92 Å².